The number of Topliss-reactive ketones (excluding diaryl/α,β-unsaturated/α-hetero) is 1. The number of carbonyl (C=O) groups excluding carboxylic acids is 3. The number of aliphatic hydroxyl groups is 1. The van der Waals surface area contributed by atoms with Gasteiger partial charge >= 0.3 is 11.9 Å². The second kappa shape index (κ2) is 15.1. The zero-order chi connectivity index (χ0) is 42.3. The van der Waals surface area contributed by atoms with Crippen molar-refractivity contribution in [1.82, 2.24) is 4.90 Å². The summed E-state index contributed by atoms with van der Waals surface area (Å²) in [5.41, 5.74) is 0.788. The summed E-state index contributed by atoms with van der Waals surface area (Å²) in [7, 11) is 0. The Labute approximate surface area is 346 Å². The molecule has 4 fully saturated rings. The van der Waals surface area contributed by atoms with E-state index in [2.05, 4.69) is 48.5 Å². The lowest BCUT2D eigenvalue weighted by Crippen LogP contribution is -2.66. The van der Waals surface area contributed by atoms with E-state index < -0.39 is 28.9 Å². The Hall–Kier alpha value is -2.71. The van der Waals surface area contributed by atoms with Crippen LogP contribution < -0.4 is 0 Å². The highest BCUT2D eigenvalue weighted by molar-refractivity contribution is 6.30. The van der Waals surface area contributed by atoms with Gasteiger partial charge in [-0.3, -0.25) is 19.2 Å². The fourth-order valence-electron chi connectivity index (χ4n) is 13.7. The summed E-state index contributed by atoms with van der Waals surface area (Å²) in [5.74, 6) is -0.598. The molecule has 1 aromatic rings. The van der Waals surface area contributed by atoms with Crippen LogP contribution in [-0.4, -0.2) is 57.5 Å². The van der Waals surface area contributed by atoms with Gasteiger partial charge in [-0.1, -0.05) is 91.6 Å². The first-order chi connectivity index (χ1) is 26.4. The molecule has 316 valence electrons. The van der Waals surface area contributed by atoms with Crippen LogP contribution in [0.15, 0.2) is 35.4 Å². The normalized spacial score (nSPS) is 35.2. The Balaban J connectivity index is 1.30. The van der Waals surface area contributed by atoms with E-state index in [1.165, 1.54) is 5.57 Å². The van der Waals surface area contributed by atoms with E-state index in [1.54, 1.807) is 18.7 Å². The number of hydrogen-bond acceptors (Lipinski definition) is 6. The SMILES string of the molecule is CC(C)C(=O)N(Cc1ccc(Cl)cc1)C[C@H](O)[C@@]12CC[C@]3(C)[C@H](CC[C@@H]4[C@@]5(C)CC[C@H](OC(=O)CC(C)(C)C(=O)O)C(C)(C)[C@H]5CC[C@]43C)C1=C(C(C)C)C(=O)C2. The second-order valence-electron chi connectivity index (χ2n) is 21.6. The predicted molar refractivity (Wildman–Crippen MR) is 223 cm³/mol. The van der Waals surface area contributed by atoms with Crippen molar-refractivity contribution in [1.29, 1.82) is 0 Å². The molecule has 4 saturated carbocycles. The van der Waals surface area contributed by atoms with Crippen LogP contribution in [0, 0.1) is 62.1 Å². The molecule has 0 unspecified atom stereocenters. The number of nitrogens with zero attached hydrogens (tertiary/aromatic N) is 1. The molecule has 1 aromatic carbocycles. The van der Waals surface area contributed by atoms with Crippen LogP contribution in [0.1, 0.15) is 146 Å². The zero-order valence-corrected chi connectivity index (χ0v) is 37.4. The first-order valence-corrected chi connectivity index (χ1v) is 22.2. The van der Waals surface area contributed by atoms with Crippen molar-refractivity contribution in [3.05, 3.63) is 46.0 Å². The van der Waals surface area contributed by atoms with Crippen LogP contribution in [0.2, 0.25) is 5.02 Å². The summed E-state index contributed by atoms with van der Waals surface area (Å²) < 4.78 is 6.18. The van der Waals surface area contributed by atoms with E-state index in [0.717, 1.165) is 56.1 Å². The molecule has 8 nitrogen and oxygen atoms in total. The second-order valence-corrected chi connectivity index (χ2v) is 22.0. The van der Waals surface area contributed by atoms with Gasteiger partial charge in [0.15, 0.2) is 5.78 Å². The first kappa shape index (κ1) is 43.9. The van der Waals surface area contributed by atoms with Crippen LogP contribution in [0.5, 0.6) is 0 Å². The molecule has 2 N–H and O–H groups in total. The van der Waals surface area contributed by atoms with Gasteiger partial charge in [-0.25, -0.2) is 0 Å². The Kier molecular flexibility index (Phi) is 11.6. The Morgan fingerprint density at radius 1 is 0.895 bits per heavy atom. The quantitative estimate of drug-likeness (QED) is 0.214. The number of allylic oxidation sites excluding steroid dienone is 1. The average molecular weight is 809 g/mol. The molecule has 57 heavy (non-hydrogen) atoms. The van der Waals surface area contributed by atoms with Crippen molar-refractivity contribution >= 4 is 35.2 Å². The number of amides is 1. The number of benzene rings is 1. The molecular weight excluding hydrogens is 738 g/mol. The summed E-state index contributed by atoms with van der Waals surface area (Å²) in [6, 6.07) is 7.52. The van der Waals surface area contributed by atoms with Gasteiger partial charge in [-0.15, -0.1) is 0 Å². The Morgan fingerprint density at radius 2 is 1.54 bits per heavy atom. The fraction of sp³-hybridized carbons (Fsp3) is 0.750. The van der Waals surface area contributed by atoms with Gasteiger partial charge in [0.05, 0.1) is 17.9 Å². The molecule has 0 radical (unpaired) electrons. The maximum Gasteiger partial charge on any atom is 0.309 e. The highest BCUT2D eigenvalue weighted by Gasteiger charge is 2.71. The van der Waals surface area contributed by atoms with Crippen molar-refractivity contribution in [2.24, 2.45) is 62.1 Å². The van der Waals surface area contributed by atoms with Gasteiger partial charge in [0, 0.05) is 41.3 Å². The number of ketones is 1. The topological polar surface area (TPSA) is 121 Å². The monoisotopic (exact) mass is 807 g/mol. The van der Waals surface area contributed by atoms with E-state index in [0.29, 0.717) is 36.2 Å². The van der Waals surface area contributed by atoms with Crippen LogP contribution in [0.3, 0.4) is 0 Å². The number of aliphatic hydroxyl groups excluding tert-OH is 1. The van der Waals surface area contributed by atoms with Crippen molar-refractivity contribution in [3.63, 3.8) is 0 Å². The van der Waals surface area contributed by atoms with Gasteiger partial charge in [0.2, 0.25) is 5.91 Å². The highest BCUT2D eigenvalue weighted by Crippen LogP contribution is 2.77. The van der Waals surface area contributed by atoms with Crippen LogP contribution in [0.4, 0.5) is 0 Å². The summed E-state index contributed by atoms with van der Waals surface area (Å²) >= 11 is 6.19. The van der Waals surface area contributed by atoms with Gasteiger partial charge in [-0.2, -0.15) is 0 Å². The molecule has 0 aromatic heterocycles. The fourth-order valence-corrected chi connectivity index (χ4v) is 13.8. The molecule has 0 saturated heterocycles. The van der Waals surface area contributed by atoms with Gasteiger partial charge in [0.25, 0.3) is 0 Å². The molecule has 0 heterocycles. The van der Waals surface area contributed by atoms with E-state index in [9.17, 15) is 29.4 Å². The lowest BCUT2D eigenvalue weighted by atomic mass is 9.33. The van der Waals surface area contributed by atoms with Gasteiger partial charge in [-0.05, 0) is 128 Å². The Bertz CT molecular complexity index is 1800. The van der Waals surface area contributed by atoms with Crippen molar-refractivity contribution in [2.75, 3.05) is 6.54 Å². The molecule has 9 atom stereocenters. The molecule has 6 rings (SSSR count). The third kappa shape index (κ3) is 7.12. The maximum atomic E-state index is 14.3. The molecule has 0 spiro atoms. The number of aliphatic carboxylic acids is 1. The molecule has 1 amide bonds. The van der Waals surface area contributed by atoms with E-state index in [-0.39, 0.29) is 70.2 Å². The van der Waals surface area contributed by atoms with Crippen molar-refractivity contribution in [3.8, 4) is 0 Å². The minimum Gasteiger partial charge on any atom is -0.481 e. The molecular formula is C48H70ClNO7. The smallest absolute Gasteiger partial charge is 0.309 e. The lowest BCUT2D eigenvalue weighted by molar-refractivity contribution is -0.235. The molecule has 0 bridgehead atoms. The van der Waals surface area contributed by atoms with Crippen LogP contribution in [-0.2, 0) is 30.5 Å². The Morgan fingerprint density at radius 3 is 2.14 bits per heavy atom. The standard InChI is InChI=1S/C48H70ClNO7/c1-28(2)39-33(51)24-48(36(52)27-50(41(54)29(3)4)26-30-12-14-31(49)15-13-30)23-22-46(10)32(40(39)48)16-17-35-45(9)20-19-37(57-38(53)25-43(5,6)42(55)56)44(7,8)34(45)18-21-47(35,46)11/h12-15,28-29,32,34-37,52H,16-27H2,1-11H3,(H,55,56)/t32-,34-,35-,36+,37+,45+,46-,47-,48+/m1/s1. The van der Waals surface area contributed by atoms with Gasteiger partial charge < -0.3 is 19.8 Å². The zero-order valence-electron chi connectivity index (χ0n) is 36.6. The van der Waals surface area contributed by atoms with Crippen molar-refractivity contribution < 1.29 is 34.1 Å². The number of rotatable bonds is 11. The van der Waals surface area contributed by atoms with E-state index in [4.69, 9.17) is 16.3 Å². The van der Waals surface area contributed by atoms with Gasteiger partial charge in [0.1, 0.15) is 6.10 Å². The lowest BCUT2D eigenvalue weighted by Gasteiger charge is -2.72. The number of carboxylic acids is 1. The number of halogens is 1. The minimum absolute atomic E-state index is 0.0155. The number of carbonyl (C=O) groups is 4. The number of fused-ring (bicyclic) bond motifs is 7. The summed E-state index contributed by atoms with van der Waals surface area (Å²) in [5, 5.41) is 22.9. The number of ether oxygens (including phenoxy) is 1. The summed E-state index contributed by atoms with van der Waals surface area (Å²) in [6.07, 6.45) is 6.32. The number of esters is 1. The number of hydrogen-bond donors (Lipinski definition) is 2. The maximum absolute atomic E-state index is 14.3. The average Bonchev–Trinajstić information content (AvgIpc) is 3.43. The molecule has 9 heteroatoms. The molecule has 0 aliphatic heterocycles. The van der Waals surface area contributed by atoms with Crippen molar-refractivity contribution in [2.45, 2.75) is 159 Å². The number of carboxylic acid groups (broad SMARTS) is 1. The third-order valence-electron chi connectivity index (χ3n) is 17.0. The molecule has 5 aliphatic carbocycles. The van der Waals surface area contributed by atoms with E-state index in [1.807, 2.05) is 38.1 Å². The summed E-state index contributed by atoms with van der Waals surface area (Å²) in [4.78, 5) is 54.8. The third-order valence-corrected chi connectivity index (χ3v) is 17.2. The molecule has 5 aliphatic rings. The first-order valence-electron chi connectivity index (χ1n) is 21.8. The summed E-state index contributed by atoms with van der Waals surface area (Å²) in [6.45, 7) is 23.7. The van der Waals surface area contributed by atoms with Crippen LogP contribution >= 0.6 is 11.6 Å². The minimum atomic E-state index is -1.18. The van der Waals surface area contributed by atoms with E-state index >= 15 is 0 Å². The highest BCUT2D eigenvalue weighted by atomic mass is 35.5. The van der Waals surface area contributed by atoms with Crippen LogP contribution in [0.25, 0.3) is 0 Å². The largest absolute Gasteiger partial charge is 0.481 e. The predicted octanol–water partition coefficient (Wildman–Crippen LogP) is 10.1.